The van der Waals surface area contributed by atoms with E-state index in [1.165, 1.54) is 0 Å². The summed E-state index contributed by atoms with van der Waals surface area (Å²) in [6.07, 6.45) is 6.67. The topological polar surface area (TPSA) is 88.6 Å². The fraction of sp³-hybridized carbons (Fsp3) is 0.370. The Labute approximate surface area is 215 Å². The van der Waals surface area contributed by atoms with Crippen molar-refractivity contribution in [1.29, 1.82) is 0 Å². The highest BCUT2D eigenvalue weighted by Crippen LogP contribution is 2.30. The Morgan fingerprint density at radius 3 is 2.97 bits per heavy atom. The van der Waals surface area contributed by atoms with Crippen molar-refractivity contribution in [2.75, 3.05) is 51.3 Å². The largest absolute Gasteiger partial charge is 0.379 e. The Morgan fingerprint density at radius 1 is 1.19 bits per heavy atom. The molecule has 0 aliphatic carbocycles. The summed E-state index contributed by atoms with van der Waals surface area (Å²) in [5.74, 6) is 0.399. The number of hydrogen-bond donors (Lipinski definition) is 2. The fourth-order valence-corrected chi connectivity index (χ4v) is 5.26. The average molecular weight is 506 g/mol. The molecule has 2 aliphatic rings. The van der Waals surface area contributed by atoms with Crippen molar-refractivity contribution in [3.8, 4) is 10.6 Å². The second-order valence-corrected chi connectivity index (χ2v) is 10.1. The van der Waals surface area contributed by atoms with Crippen molar-refractivity contribution in [3.05, 3.63) is 64.2 Å². The molecule has 6 bridgehead atoms. The van der Waals surface area contributed by atoms with E-state index in [4.69, 9.17) is 14.5 Å². The molecule has 3 aromatic rings. The predicted octanol–water partition coefficient (Wildman–Crippen LogP) is 4.25. The second-order valence-electron chi connectivity index (χ2n) is 8.94. The van der Waals surface area contributed by atoms with Crippen molar-refractivity contribution >= 4 is 35.0 Å². The van der Waals surface area contributed by atoms with Crippen LogP contribution in [-0.4, -0.2) is 66.8 Å². The zero-order valence-corrected chi connectivity index (χ0v) is 21.3. The molecule has 9 heteroatoms. The van der Waals surface area contributed by atoms with E-state index in [0.29, 0.717) is 31.3 Å². The normalized spacial score (nSPS) is 16.9. The SMILES string of the molecule is Cc1cnc2nc1-c1ccc(s1)COC/C=C/c1cc(cc(C(=O)NCCCN3CCOCC3)c1)N2. The minimum Gasteiger partial charge on any atom is -0.379 e. The lowest BCUT2D eigenvalue weighted by atomic mass is 10.1. The van der Waals surface area contributed by atoms with E-state index in [1.54, 1.807) is 11.3 Å². The third kappa shape index (κ3) is 6.36. The number of benzene rings is 1. The number of aromatic nitrogens is 2. The van der Waals surface area contributed by atoms with Crippen LogP contribution in [0.5, 0.6) is 0 Å². The number of amides is 1. The van der Waals surface area contributed by atoms with Gasteiger partial charge < -0.3 is 20.1 Å². The lowest BCUT2D eigenvalue weighted by molar-refractivity contribution is 0.0374. The summed E-state index contributed by atoms with van der Waals surface area (Å²) in [4.78, 5) is 26.9. The summed E-state index contributed by atoms with van der Waals surface area (Å²) in [5.41, 5.74) is 4.15. The van der Waals surface area contributed by atoms with Crippen molar-refractivity contribution < 1.29 is 14.3 Å². The molecule has 36 heavy (non-hydrogen) atoms. The van der Waals surface area contributed by atoms with Gasteiger partial charge in [-0.2, -0.15) is 0 Å². The lowest BCUT2D eigenvalue weighted by Gasteiger charge is -2.26. The van der Waals surface area contributed by atoms with Gasteiger partial charge in [-0.15, -0.1) is 11.3 Å². The smallest absolute Gasteiger partial charge is 0.251 e. The van der Waals surface area contributed by atoms with E-state index in [1.807, 2.05) is 43.5 Å². The molecule has 0 unspecified atom stereocenters. The summed E-state index contributed by atoms with van der Waals surface area (Å²) in [7, 11) is 0. The number of morpholine rings is 1. The van der Waals surface area contributed by atoms with E-state index in [-0.39, 0.29) is 5.91 Å². The van der Waals surface area contributed by atoms with Gasteiger partial charge in [0, 0.05) is 42.0 Å². The standard InChI is InChI=1S/C27H31N5O3S/c1-19-17-29-27-30-22-15-20(4-2-11-35-18-23-5-6-24(36-23)25(19)31-27)14-21(16-22)26(33)28-7-3-8-32-9-12-34-13-10-32/h2,4-6,14-17H,3,7-13,18H2,1H3,(H,28,33)(H,29,30,31)/b4-2+. The molecular formula is C27H31N5O3S. The Hall–Kier alpha value is -3.11. The van der Waals surface area contributed by atoms with Crippen molar-refractivity contribution in [2.24, 2.45) is 0 Å². The Bertz CT molecular complexity index is 1240. The maximum absolute atomic E-state index is 13.0. The number of fused-ring (bicyclic) bond motifs is 7. The van der Waals surface area contributed by atoms with Crippen LogP contribution in [0.2, 0.25) is 0 Å². The molecule has 1 saturated heterocycles. The molecule has 0 radical (unpaired) electrons. The van der Waals surface area contributed by atoms with Gasteiger partial charge in [-0.25, -0.2) is 9.97 Å². The number of aryl methyl sites for hydroxylation is 1. The maximum atomic E-state index is 13.0. The molecule has 0 atom stereocenters. The molecule has 4 heterocycles. The third-order valence-electron chi connectivity index (χ3n) is 6.15. The van der Waals surface area contributed by atoms with Gasteiger partial charge in [0.1, 0.15) is 0 Å². The van der Waals surface area contributed by atoms with Crippen molar-refractivity contribution in [3.63, 3.8) is 0 Å². The molecular weight excluding hydrogens is 474 g/mol. The average Bonchev–Trinajstić information content (AvgIpc) is 3.36. The number of anilines is 2. The van der Waals surface area contributed by atoms with Crippen LogP contribution in [0.15, 0.2) is 42.6 Å². The van der Waals surface area contributed by atoms with Gasteiger partial charge in [0.05, 0.1) is 37.0 Å². The summed E-state index contributed by atoms with van der Waals surface area (Å²) < 4.78 is 11.2. The molecule has 0 saturated carbocycles. The first-order chi connectivity index (χ1) is 17.6. The van der Waals surface area contributed by atoms with Gasteiger partial charge >= 0.3 is 0 Å². The zero-order valence-electron chi connectivity index (χ0n) is 20.5. The molecule has 8 nitrogen and oxygen atoms in total. The van der Waals surface area contributed by atoms with E-state index in [0.717, 1.165) is 71.5 Å². The summed E-state index contributed by atoms with van der Waals surface area (Å²) in [6.45, 7) is 8.10. The minimum atomic E-state index is -0.0965. The number of thiophene rings is 1. The number of nitrogens with one attached hydrogen (secondary N) is 2. The van der Waals surface area contributed by atoms with Crippen molar-refractivity contribution in [2.45, 2.75) is 20.0 Å². The first-order valence-electron chi connectivity index (χ1n) is 12.3. The molecule has 2 aliphatic heterocycles. The number of rotatable bonds is 5. The Balaban J connectivity index is 1.33. The van der Waals surface area contributed by atoms with Gasteiger partial charge in [0.15, 0.2) is 0 Å². The summed E-state index contributed by atoms with van der Waals surface area (Å²) >= 11 is 1.68. The molecule has 0 spiro atoms. The van der Waals surface area contributed by atoms with Gasteiger partial charge in [-0.1, -0.05) is 12.2 Å². The van der Waals surface area contributed by atoms with E-state index < -0.39 is 0 Å². The van der Waals surface area contributed by atoms with Crippen LogP contribution < -0.4 is 10.6 Å². The van der Waals surface area contributed by atoms with Gasteiger partial charge in [-0.3, -0.25) is 9.69 Å². The molecule has 2 aromatic heterocycles. The van der Waals surface area contributed by atoms with Crippen LogP contribution >= 0.6 is 11.3 Å². The molecule has 188 valence electrons. The third-order valence-corrected chi connectivity index (χ3v) is 7.21. The minimum absolute atomic E-state index is 0.0965. The number of hydrogen-bond acceptors (Lipinski definition) is 8. The van der Waals surface area contributed by atoms with Crippen LogP contribution in [0, 0.1) is 6.92 Å². The first kappa shape index (κ1) is 24.6. The molecule has 1 amide bonds. The van der Waals surface area contributed by atoms with E-state index in [9.17, 15) is 4.79 Å². The predicted molar refractivity (Wildman–Crippen MR) is 143 cm³/mol. The lowest BCUT2D eigenvalue weighted by Crippen LogP contribution is -2.38. The number of carbonyl (C=O) groups excluding carboxylic acids is 1. The second kappa shape index (κ2) is 11.7. The highest BCUT2D eigenvalue weighted by molar-refractivity contribution is 7.15. The van der Waals surface area contributed by atoms with Gasteiger partial charge in [0.2, 0.25) is 5.95 Å². The molecule has 2 N–H and O–H groups in total. The zero-order chi connectivity index (χ0) is 24.7. The highest BCUT2D eigenvalue weighted by atomic mass is 32.1. The van der Waals surface area contributed by atoms with Gasteiger partial charge in [0.25, 0.3) is 5.91 Å². The number of nitrogens with zero attached hydrogens (tertiary/aromatic N) is 3. The number of carbonyl (C=O) groups is 1. The number of ether oxygens (including phenoxy) is 2. The van der Waals surface area contributed by atoms with Crippen LogP contribution in [0.1, 0.15) is 32.8 Å². The highest BCUT2D eigenvalue weighted by Gasteiger charge is 2.14. The molecule has 5 rings (SSSR count). The summed E-state index contributed by atoms with van der Waals surface area (Å²) in [5, 5.41) is 6.37. The van der Waals surface area contributed by atoms with Crippen molar-refractivity contribution in [1.82, 2.24) is 20.2 Å². The van der Waals surface area contributed by atoms with E-state index >= 15 is 0 Å². The van der Waals surface area contributed by atoms with Crippen LogP contribution in [0.4, 0.5) is 11.6 Å². The van der Waals surface area contributed by atoms with Crippen LogP contribution in [-0.2, 0) is 16.1 Å². The maximum Gasteiger partial charge on any atom is 0.251 e. The van der Waals surface area contributed by atoms with E-state index in [2.05, 4.69) is 32.7 Å². The first-order valence-corrected chi connectivity index (χ1v) is 13.1. The molecule has 1 fully saturated rings. The quantitative estimate of drug-likeness (QED) is 0.501. The summed E-state index contributed by atoms with van der Waals surface area (Å²) in [6, 6.07) is 9.88. The van der Waals surface area contributed by atoms with Gasteiger partial charge in [-0.05, 0) is 61.3 Å². The molecule has 1 aromatic carbocycles. The Morgan fingerprint density at radius 2 is 2.08 bits per heavy atom. The Kier molecular flexibility index (Phi) is 8.02. The van der Waals surface area contributed by atoms with Crippen LogP contribution in [0.3, 0.4) is 0 Å². The van der Waals surface area contributed by atoms with Crippen LogP contribution in [0.25, 0.3) is 16.6 Å². The monoisotopic (exact) mass is 505 g/mol. The fourth-order valence-electron chi connectivity index (χ4n) is 4.26.